The van der Waals surface area contributed by atoms with Crippen molar-refractivity contribution in [2.45, 2.75) is 33.2 Å². The first-order valence-electron chi connectivity index (χ1n) is 9.22. The molecule has 1 N–H and O–H groups in total. The smallest absolute Gasteiger partial charge is 0.244 e. The summed E-state index contributed by atoms with van der Waals surface area (Å²) >= 11 is 0. The molecule has 0 spiro atoms. The summed E-state index contributed by atoms with van der Waals surface area (Å²) in [7, 11) is 4.71. The zero-order valence-electron chi connectivity index (χ0n) is 17.5. The first-order chi connectivity index (χ1) is 13.4. The quantitative estimate of drug-likeness (QED) is 0.698. The highest BCUT2D eigenvalue weighted by Gasteiger charge is 2.11. The Bertz CT molecular complexity index is 858. The molecule has 0 radical (unpaired) electrons. The van der Waals surface area contributed by atoms with E-state index in [2.05, 4.69) is 37.4 Å². The highest BCUT2D eigenvalue weighted by molar-refractivity contribution is 5.92. The highest BCUT2D eigenvalue weighted by Crippen LogP contribution is 2.35. The molecule has 150 valence electrons. The van der Waals surface area contributed by atoms with Gasteiger partial charge in [-0.05, 0) is 50.5 Å². The van der Waals surface area contributed by atoms with E-state index in [1.54, 1.807) is 39.5 Å². The Morgan fingerprint density at radius 3 is 2.25 bits per heavy atom. The minimum atomic E-state index is -0.158. The van der Waals surface area contributed by atoms with E-state index in [9.17, 15) is 4.79 Å². The molecule has 2 aromatic carbocycles. The van der Waals surface area contributed by atoms with Gasteiger partial charge in [0.2, 0.25) is 5.91 Å². The van der Waals surface area contributed by atoms with E-state index < -0.39 is 0 Å². The number of methoxy groups -OCH3 is 3. The van der Waals surface area contributed by atoms with Crippen molar-refractivity contribution in [3.63, 3.8) is 0 Å². The molecule has 0 aliphatic heterocycles. The topological polar surface area (TPSA) is 56.8 Å². The van der Waals surface area contributed by atoms with Gasteiger partial charge in [-0.1, -0.05) is 23.8 Å². The lowest BCUT2D eigenvalue weighted by molar-refractivity contribution is -0.117. The summed E-state index contributed by atoms with van der Waals surface area (Å²) in [4.78, 5) is 12.3. The Balaban J connectivity index is 2.06. The molecule has 0 heterocycles. The van der Waals surface area contributed by atoms with E-state index in [4.69, 9.17) is 14.2 Å². The maximum atomic E-state index is 12.3. The van der Waals surface area contributed by atoms with Crippen molar-refractivity contribution in [2.75, 3.05) is 21.3 Å². The van der Waals surface area contributed by atoms with Gasteiger partial charge in [-0.2, -0.15) is 0 Å². The van der Waals surface area contributed by atoms with Crippen LogP contribution in [0.2, 0.25) is 0 Å². The molecule has 28 heavy (non-hydrogen) atoms. The van der Waals surface area contributed by atoms with Crippen LogP contribution in [0.25, 0.3) is 6.08 Å². The second-order valence-corrected chi connectivity index (χ2v) is 6.83. The van der Waals surface area contributed by atoms with Gasteiger partial charge in [0.25, 0.3) is 0 Å². The van der Waals surface area contributed by atoms with Gasteiger partial charge in [0.15, 0.2) is 11.5 Å². The van der Waals surface area contributed by atoms with Crippen molar-refractivity contribution >= 4 is 12.0 Å². The molecule has 0 saturated heterocycles. The standard InChI is InChI=1S/C23H29NO4/c1-15-7-8-18(16(2)11-15)12-17(3)24-23(25)10-9-19-13-21(27-5)22(28-6)14-20(19)26-4/h7-11,13-14,17H,12H2,1-6H3,(H,24,25). The normalized spacial score (nSPS) is 11.9. The van der Waals surface area contributed by atoms with Crippen molar-refractivity contribution < 1.29 is 19.0 Å². The van der Waals surface area contributed by atoms with Gasteiger partial charge in [0.05, 0.1) is 21.3 Å². The fraction of sp³-hybridized carbons (Fsp3) is 0.348. The van der Waals surface area contributed by atoms with Gasteiger partial charge in [0.1, 0.15) is 5.75 Å². The van der Waals surface area contributed by atoms with Crippen LogP contribution in [0.3, 0.4) is 0 Å². The SMILES string of the molecule is COc1cc(OC)c(OC)cc1C=CC(=O)NC(C)Cc1ccc(C)cc1C. The number of amides is 1. The van der Waals surface area contributed by atoms with Crippen LogP contribution >= 0.6 is 0 Å². The summed E-state index contributed by atoms with van der Waals surface area (Å²) in [5, 5.41) is 3.01. The van der Waals surface area contributed by atoms with Crippen molar-refractivity contribution in [3.8, 4) is 17.2 Å². The number of carbonyl (C=O) groups excluding carboxylic acids is 1. The predicted octanol–water partition coefficient (Wildman–Crippen LogP) is 4.09. The van der Waals surface area contributed by atoms with E-state index in [1.165, 1.54) is 22.8 Å². The lowest BCUT2D eigenvalue weighted by Crippen LogP contribution is -2.32. The Kier molecular flexibility index (Phi) is 7.50. The maximum absolute atomic E-state index is 12.3. The average molecular weight is 383 g/mol. The maximum Gasteiger partial charge on any atom is 0.244 e. The fourth-order valence-corrected chi connectivity index (χ4v) is 3.10. The monoisotopic (exact) mass is 383 g/mol. The van der Waals surface area contributed by atoms with Gasteiger partial charge in [-0.15, -0.1) is 0 Å². The number of nitrogens with one attached hydrogen (secondary N) is 1. The van der Waals surface area contributed by atoms with Crippen LogP contribution in [-0.4, -0.2) is 33.3 Å². The van der Waals surface area contributed by atoms with Gasteiger partial charge in [0, 0.05) is 23.7 Å². The molecule has 0 aromatic heterocycles. The second kappa shape index (κ2) is 9.83. The fourth-order valence-electron chi connectivity index (χ4n) is 3.10. The number of rotatable bonds is 8. The first kappa shape index (κ1) is 21.4. The van der Waals surface area contributed by atoms with Gasteiger partial charge >= 0.3 is 0 Å². The van der Waals surface area contributed by atoms with Crippen LogP contribution in [0.4, 0.5) is 0 Å². The van der Waals surface area contributed by atoms with E-state index in [0.29, 0.717) is 17.2 Å². The minimum Gasteiger partial charge on any atom is -0.496 e. The lowest BCUT2D eigenvalue weighted by atomic mass is 10.00. The number of hydrogen-bond donors (Lipinski definition) is 1. The number of carbonyl (C=O) groups is 1. The molecule has 1 unspecified atom stereocenters. The summed E-state index contributed by atoms with van der Waals surface area (Å²) in [5.74, 6) is 1.59. The van der Waals surface area contributed by atoms with Crippen molar-refractivity contribution in [2.24, 2.45) is 0 Å². The summed E-state index contributed by atoms with van der Waals surface area (Å²) in [5.41, 5.74) is 4.46. The molecule has 1 atom stereocenters. The summed E-state index contributed by atoms with van der Waals surface area (Å²) in [6.45, 7) is 6.18. The third kappa shape index (κ3) is 5.52. The van der Waals surface area contributed by atoms with Crippen LogP contribution in [0.15, 0.2) is 36.4 Å². The molecule has 0 saturated carbocycles. The molecular formula is C23H29NO4. The number of hydrogen-bond acceptors (Lipinski definition) is 4. The van der Waals surface area contributed by atoms with Crippen LogP contribution in [0.1, 0.15) is 29.2 Å². The Morgan fingerprint density at radius 2 is 1.64 bits per heavy atom. The van der Waals surface area contributed by atoms with Crippen LogP contribution < -0.4 is 19.5 Å². The highest BCUT2D eigenvalue weighted by atomic mass is 16.5. The van der Waals surface area contributed by atoms with Gasteiger partial charge in [-0.25, -0.2) is 0 Å². The van der Waals surface area contributed by atoms with Gasteiger partial charge in [-0.3, -0.25) is 4.79 Å². The largest absolute Gasteiger partial charge is 0.496 e. The summed E-state index contributed by atoms with van der Waals surface area (Å²) in [6.07, 6.45) is 3.99. The molecular weight excluding hydrogens is 354 g/mol. The molecule has 5 nitrogen and oxygen atoms in total. The summed E-state index contributed by atoms with van der Waals surface area (Å²) in [6, 6.07) is 9.91. The van der Waals surface area contributed by atoms with E-state index in [0.717, 1.165) is 12.0 Å². The first-order valence-corrected chi connectivity index (χ1v) is 9.22. The third-order valence-electron chi connectivity index (χ3n) is 4.56. The minimum absolute atomic E-state index is 0.0193. The predicted molar refractivity (Wildman–Crippen MR) is 112 cm³/mol. The third-order valence-corrected chi connectivity index (χ3v) is 4.56. The van der Waals surface area contributed by atoms with Gasteiger partial charge < -0.3 is 19.5 Å². The summed E-state index contributed by atoms with van der Waals surface area (Å²) < 4.78 is 16.0. The zero-order chi connectivity index (χ0) is 20.7. The van der Waals surface area contributed by atoms with E-state index in [-0.39, 0.29) is 11.9 Å². The van der Waals surface area contributed by atoms with Crippen LogP contribution in [-0.2, 0) is 11.2 Å². The molecule has 0 aliphatic carbocycles. The molecule has 1 amide bonds. The number of benzene rings is 2. The van der Waals surface area contributed by atoms with E-state index in [1.807, 2.05) is 6.92 Å². The van der Waals surface area contributed by atoms with Crippen LogP contribution in [0, 0.1) is 13.8 Å². The Labute approximate surface area is 167 Å². The number of aryl methyl sites for hydroxylation is 2. The van der Waals surface area contributed by atoms with Crippen molar-refractivity contribution in [3.05, 3.63) is 58.7 Å². The average Bonchev–Trinajstić information content (AvgIpc) is 2.67. The Morgan fingerprint density at radius 1 is 1.00 bits per heavy atom. The van der Waals surface area contributed by atoms with Crippen molar-refractivity contribution in [1.82, 2.24) is 5.32 Å². The van der Waals surface area contributed by atoms with Crippen molar-refractivity contribution in [1.29, 1.82) is 0 Å². The molecule has 5 heteroatoms. The molecule has 0 bridgehead atoms. The second-order valence-electron chi connectivity index (χ2n) is 6.83. The van der Waals surface area contributed by atoms with Crippen LogP contribution in [0.5, 0.6) is 17.2 Å². The molecule has 2 aromatic rings. The number of ether oxygens (including phenoxy) is 3. The Hall–Kier alpha value is -2.95. The molecule has 2 rings (SSSR count). The van der Waals surface area contributed by atoms with E-state index >= 15 is 0 Å². The molecule has 0 fully saturated rings. The lowest BCUT2D eigenvalue weighted by Gasteiger charge is -2.15. The zero-order valence-corrected chi connectivity index (χ0v) is 17.5. The molecule has 0 aliphatic rings.